The molecule has 0 N–H and O–H groups in total. The second-order valence-electron chi connectivity index (χ2n) is 5.38. The molecule has 4 nitrogen and oxygen atoms in total. The summed E-state index contributed by atoms with van der Waals surface area (Å²) in [4.78, 5) is 9.54. The third kappa shape index (κ3) is 3.07. The van der Waals surface area contributed by atoms with Crippen LogP contribution >= 0.6 is 0 Å². The SMILES string of the molecule is Cc1cn(C(C)C)c(CN2CCN(C)CC2)n1. The molecule has 0 unspecified atom stereocenters. The molecule has 0 bridgehead atoms. The minimum absolute atomic E-state index is 0.499. The first-order chi connectivity index (χ1) is 8.06. The third-order valence-electron chi connectivity index (χ3n) is 3.45. The van der Waals surface area contributed by atoms with Crippen molar-refractivity contribution >= 4 is 0 Å². The first-order valence-electron chi connectivity index (χ1n) is 6.51. The van der Waals surface area contributed by atoms with E-state index in [1.807, 2.05) is 0 Å². The van der Waals surface area contributed by atoms with Crippen LogP contribution in [-0.2, 0) is 6.54 Å². The Morgan fingerprint density at radius 1 is 1.24 bits per heavy atom. The van der Waals surface area contributed by atoms with Crippen LogP contribution in [0.25, 0.3) is 0 Å². The Bertz CT molecular complexity index is 361. The van der Waals surface area contributed by atoms with Crippen LogP contribution in [0, 0.1) is 6.92 Å². The highest BCUT2D eigenvalue weighted by molar-refractivity contribution is 5.03. The molecular weight excluding hydrogens is 212 g/mol. The van der Waals surface area contributed by atoms with Gasteiger partial charge < -0.3 is 9.47 Å². The van der Waals surface area contributed by atoms with Gasteiger partial charge in [-0.25, -0.2) is 4.98 Å². The molecule has 4 heteroatoms. The number of rotatable bonds is 3. The second-order valence-corrected chi connectivity index (χ2v) is 5.38. The Balaban J connectivity index is 2.03. The van der Waals surface area contributed by atoms with Crippen molar-refractivity contribution < 1.29 is 0 Å². The Labute approximate surface area is 104 Å². The molecule has 0 spiro atoms. The maximum atomic E-state index is 4.65. The first kappa shape index (κ1) is 12.6. The topological polar surface area (TPSA) is 24.3 Å². The summed E-state index contributed by atoms with van der Waals surface area (Å²) in [6, 6.07) is 0.499. The predicted octanol–water partition coefficient (Wildman–Crippen LogP) is 1.52. The Morgan fingerprint density at radius 3 is 2.47 bits per heavy atom. The van der Waals surface area contributed by atoms with E-state index < -0.39 is 0 Å². The number of imidazole rings is 1. The molecular formula is C13H24N4. The smallest absolute Gasteiger partial charge is 0.123 e. The molecule has 0 amide bonds. The van der Waals surface area contributed by atoms with Crippen molar-refractivity contribution in [2.45, 2.75) is 33.4 Å². The molecule has 2 rings (SSSR count). The van der Waals surface area contributed by atoms with Crippen LogP contribution in [0.5, 0.6) is 0 Å². The van der Waals surface area contributed by atoms with Crippen LogP contribution in [0.1, 0.15) is 31.4 Å². The highest BCUT2D eigenvalue weighted by Crippen LogP contribution is 2.13. The quantitative estimate of drug-likeness (QED) is 0.795. The van der Waals surface area contributed by atoms with E-state index in [9.17, 15) is 0 Å². The summed E-state index contributed by atoms with van der Waals surface area (Å²) >= 11 is 0. The van der Waals surface area contributed by atoms with Crippen LogP contribution in [0.3, 0.4) is 0 Å². The van der Waals surface area contributed by atoms with Crippen molar-refractivity contribution in [2.24, 2.45) is 0 Å². The summed E-state index contributed by atoms with van der Waals surface area (Å²) < 4.78 is 2.30. The summed E-state index contributed by atoms with van der Waals surface area (Å²) in [5, 5.41) is 0. The molecule has 2 heterocycles. The van der Waals surface area contributed by atoms with Crippen LogP contribution in [0.4, 0.5) is 0 Å². The molecule has 1 aromatic rings. The normalized spacial score (nSPS) is 19.1. The monoisotopic (exact) mass is 236 g/mol. The Morgan fingerprint density at radius 2 is 1.88 bits per heavy atom. The summed E-state index contributed by atoms with van der Waals surface area (Å²) in [7, 11) is 2.19. The van der Waals surface area contributed by atoms with Crippen molar-refractivity contribution in [3.8, 4) is 0 Å². The molecule has 1 saturated heterocycles. The van der Waals surface area contributed by atoms with Gasteiger partial charge in [0.15, 0.2) is 0 Å². The van der Waals surface area contributed by atoms with Gasteiger partial charge in [-0.2, -0.15) is 0 Å². The maximum absolute atomic E-state index is 4.65. The van der Waals surface area contributed by atoms with Crippen molar-refractivity contribution in [3.05, 3.63) is 17.7 Å². The van der Waals surface area contributed by atoms with E-state index in [0.717, 1.165) is 25.3 Å². The minimum Gasteiger partial charge on any atom is -0.331 e. The molecule has 96 valence electrons. The van der Waals surface area contributed by atoms with Gasteiger partial charge in [-0.05, 0) is 27.8 Å². The highest BCUT2D eigenvalue weighted by Gasteiger charge is 2.17. The molecule has 1 aliphatic heterocycles. The van der Waals surface area contributed by atoms with Gasteiger partial charge in [0.25, 0.3) is 0 Å². The highest BCUT2D eigenvalue weighted by atomic mass is 15.3. The van der Waals surface area contributed by atoms with Gasteiger partial charge in [-0.1, -0.05) is 0 Å². The minimum atomic E-state index is 0.499. The van der Waals surface area contributed by atoms with Crippen LogP contribution in [0.15, 0.2) is 6.20 Å². The average Bonchev–Trinajstić information content (AvgIpc) is 2.63. The lowest BCUT2D eigenvalue weighted by atomic mass is 10.3. The predicted molar refractivity (Wildman–Crippen MR) is 70.1 cm³/mol. The van der Waals surface area contributed by atoms with E-state index >= 15 is 0 Å². The van der Waals surface area contributed by atoms with E-state index in [-0.39, 0.29) is 0 Å². The molecule has 1 fully saturated rings. The zero-order valence-electron chi connectivity index (χ0n) is 11.5. The number of aromatic nitrogens is 2. The van der Waals surface area contributed by atoms with Gasteiger partial charge in [0.05, 0.1) is 12.2 Å². The number of piperazine rings is 1. The zero-order valence-corrected chi connectivity index (χ0v) is 11.5. The van der Waals surface area contributed by atoms with Crippen molar-refractivity contribution in [1.29, 1.82) is 0 Å². The van der Waals surface area contributed by atoms with Gasteiger partial charge in [-0.3, -0.25) is 4.90 Å². The van der Waals surface area contributed by atoms with Gasteiger partial charge in [0.1, 0.15) is 5.82 Å². The molecule has 0 aliphatic carbocycles. The van der Waals surface area contributed by atoms with E-state index in [0.29, 0.717) is 6.04 Å². The summed E-state index contributed by atoms with van der Waals surface area (Å²) in [5.74, 6) is 1.21. The lowest BCUT2D eigenvalue weighted by molar-refractivity contribution is 0.143. The van der Waals surface area contributed by atoms with E-state index in [1.165, 1.54) is 18.9 Å². The van der Waals surface area contributed by atoms with E-state index in [4.69, 9.17) is 0 Å². The molecule has 1 aliphatic rings. The fraction of sp³-hybridized carbons (Fsp3) is 0.769. The van der Waals surface area contributed by atoms with Crippen molar-refractivity contribution in [1.82, 2.24) is 19.4 Å². The summed E-state index contributed by atoms with van der Waals surface area (Å²) in [5.41, 5.74) is 1.13. The van der Waals surface area contributed by atoms with Crippen molar-refractivity contribution in [2.75, 3.05) is 33.2 Å². The van der Waals surface area contributed by atoms with Gasteiger partial charge in [0, 0.05) is 38.4 Å². The Kier molecular flexibility index (Phi) is 3.84. The molecule has 1 aromatic heterocycles. The molecule has 0 atom stereocenters. The number of nitrogens with zero attached hydrogens (tertiary/aromatic N) is 4. The summed E-state index contributed by atoms with van der Waals surface area (Å²) in [6.45, 7) is 12.1. The lowest BCUT2D eigenvalue weighted by Crippen LogP contribution is -2.44. The molecule has 0 saturated carbocycles. The first-order valence-corrected chi connectivity index (χ1v) is 6.51. The van der Waals surface area contributed by atoms with Crippen LogP contribution < -0.4 is 0 Å². The molecule has 17 heavy (non-hydrogen) atoms. The zero-order chi connectivity index (χ0) is 12.4. The van der Waals surface area contributed by atoms with Crippen LogP contribution in [-0.4, -0.2) is 52.6 Å². The third-order valence-corrected chi connectivity index (χ3v) is 3.45. The maximum Gasteiger partial charge on any atom is 0.123 e. The largest absolute Gasteiger partial charge is 0.331 e. The number of hydrogen-bond acceptors (Lipinski definition) is 3. The fourth-order valence-electron chi connectivity index (χ4n) is 2.34. The number of likely N-dealkylation sites (N-methyl/N-ethyl adjacent to an activating group) is 1. The van der Waals surface area contributed by atoms with E-state index in [1.54, 1.807) is 0 Å². The van der Waals surface area contributed by atoms with E-state index in [2.05, 4.69) is 53.4 Å². The van der Waals surface area contributed by atoms with Gasteiger partial charge in [0.2, 0.25) is 0 Å². The average molecular weight is 236 g/mol. The van der Waals surface area contributed by atoms with Gasteiger partial charge in [-0.15, -0.1) is 0 Å². The van der Waals surface area contributed by atoms with Crippen LogP contribution in [0.2, 0.25) is 0 Å². The van der Waals surface area contributed by atoms with Gasteiger partial charge >= 0.3 is 0 Å². The molecule has 0 radical (unpaired) electrons. The lowest BCUT2D eigenvalue weighted by Gasteiger charge is -2.32. The van der Waals surface area contributed by atoms with Crippen molar-refractivity contribution in [3.63, 3.8) is 0 Å². The molecule has 0 aromatic carbocycles. The number of aryl methyl sites for hydroxylation is 1. The Hall–Kier alpha value is -0.870. The summed E-state index contributed by atoms with van der Waals surface area (Å²) in [6.07, 6.45) is 2.16. The second kappa shape index (κ2) is 5.19. The fourth-order valence-corrected chi connectivity index (χ4v) is 2.34. The number of hydrogen-bond donors (Lipinski definition) is 0. The standard InChI is InChI=1S/C13H24N4/c1-11(2)17-9-12(3)14-13(17)10-16-7-5-15(4)6-8-16/h9,11H,5-8,10H2,1-4H3.